The average Bonchev–Trinajstić information content (AvgIpc) is 3.28. The van der Waals surface area contributed by atoms with Gasteiger partial charge in [-0.3, -0.25) is 15.0 Å². The van der Waals surface area contributed by atoms with E-state index in [0.29, 0.717) is 10.7 Å². The van der Waals surface area contributed by atoms with Crippen molar-refractivity contribution in [2.45, 2.75) is 39.7 Å². The third-order valence-corrected chi connectivity index (χ3v) is 6.07. The monoisotopic (exact) mass is 394 g/mol. The first-order valence-electron chi connectivity index (χ1n) is 9.83. The smallest absolute Gasteiger partial charge is 0.257 e. The summed E-state index contributed by atoms with van der Waals surface area (Å²) in [5.74, 6) is -0.119. The van der Waals surface area contributed by atoms with Crippen LogP contribution in [0.25, 0.3) is 5.69 Å². The maximum absolute atomic E-state index is 12.6. The molecule has 5 nitrogen and oxygen atoms in total. The molecule has 0 unspecified atom stereocenters. The number of aromatic nitrogens is 2. The molecule has 1 aliphatic rings. The molecule has 1 aliphatic heterocycles. The Bertz CT molecular complexity index is 932. The van der Waals surface area contributed by atoms with Gasteiger partial charge in [0.25, 0.3) is 5.91 Å². The van der Waals surface area contributed by atoms with Gasteiger partial charge in [-0.2, -0.15) is 0 Å². The zero-order valence-corrected chi connectivity index (χ0v) is 17.3. The van der Waals surface area contributed by atoms with E-state index in [1.165, 1.54) is 42.0 Å². The molecule has 1 saturated heterocycles. The molecule has 4 rings (SSSR count). The lowest BCUT2D eigenvalue weighted by molar-refractivity contribution is 0.102. The highest BCUT2D eigenvalue weighted by molar-refractivity contribution is 7.13. The number of nitrogens with zero attached hydrogens (tertiary/aromatic N) is 3. The van der Waals surface area contributed by atoms with E-state index >= 15 is 0 Å². The summed E-state index contributed by atoms with van der Waals surface area (Å²) in [4.78, 5) is 19.6. The molecule has 1 amide bonds. The predicted octanol–water partition coefficient (Wildman–Crippen LogP) is 4.79. The quantitative estimate of drug-likeness (QED) is 0.677. The van der Waals surface area contributed by atoms with Crippen molar-refractivity contribution in [1.29, 1.82) is 0 Å². The standard InChI is InChI=1S/C22H26N4OS/c1-16-6-7-17(2)26(16)20-10-8-18(9-11-20)21(27)24-22-23-19(15-28-22)14-25-12-4-3-5-13-25/h6-11,15H,3-5,12-14H2,1-2H3,(H,23,24,27). The fourth-order valence-corrected chi connectivity index (χ4v) is 4.49. The molecule has 28 heavy (non-hydrogen) atoms. The topological polar surface area (TPSA) is 50.2 Å². The molecule has 0 bridgehead atoms. The number of hydrogen-bond donors (Lipinski definition) is 1. The van der Waals surface area contributed by atoms with Crippen LogP contribution >= 0.6 is 11.3 Å². The van der Waals surface area contributed by atoms with E-state index < -0.39 is 0 Å². The number of carbonyl (C=O) groups excluding carboxylic acids is 1. The molecular formula is C22H26N4OS. The maximum Gasteiger partial charge on any atom is 0.257 e. The number of benzene rings is 1. The van der Waals surface area contributed by atoms with Crippen LogP contribution < -0.4 is 5.32 Å². The molecule has 6 heteroatoms. The van der Waals surface area contributed by atoms with Gasteiger partial charge in [0.05, 0.1) is 5.69 Å². The number of thiazole rings is 1. The lowest BCUT2D eigenvalue weighted by Crippen LogP contribution is -2.29. The Kier molecular flexibility index (Phi) is 5.59. The number of carbonyl (C=O) groups is 1. The van der Waals surface area contributed by atoms with Crippen molar-refractivity contribution >= 4 is 22.4 Å². The van der Waals surface area contributed by atoms with E-state index in [2.05, 4.69) is 45.7 Å². The van der Waals surface area contributed by atoms with E-state index in [0.717, 1.165) is 31.0 Å². The molecule has 3 aromatic rings. The summed E-state index contributed by atoms with van der Waals surface area (Å²) in [6.45, 7) is 7.32. The van der Waals surface area contributed by atoms with Gasteiger partial charge in [0, 0.05) is 34.6 Å². The van der Waals surface area contributed by atoms with Crippen LogP contribution in [0.1, 0.15) is 46.7 Å². The summed E-state index contributed by atoms with van der Waals surface area (Å²) in [5.41, 5.74) is 5.10. The normalized spacial score (nSPS) is 14.9. The van der Waals surface area contributed by atoms with Crippen molar-refractivity contribution in [2.75, 3.05) is 18.4 Å². The van der Waals surface area contributed by atoms with Crippen molar-refractivity contribution in [3.8, 4) is 5.69 Å². The minimum Gasteiger partial charge on any atom is -0.319 e. The van der Waals surface area contributed by atoms with Crippen molar-refractivity contribution in [2.24, 2.45) is 0 Å². The summed E-state index contributed by atoms with van der Waals surface area (Å²) in [5, 5.41) is 5.65. The molecule has 1 fully saturated rings. The minimum atomic E-state index is -0.119. The second kappa shape index (κ2) is 8.29. The largest absolute Gasteiger partial charge is 0.319 e. The number of hydrogen-bond acceptors (Lipinski definition) is 4. The van der Waals surface area contributed by atoms with Gasteiger partial charge in [0.1, 0.15) is 0 Å². The Labute approximate surface area is 170 Å². The van der Waals surface area contributed by atoms with Gasteiger partial charge in [-0.25, -0.2) is 4.98 Å². The minimum absolute atomic E-state index is 0.119. The molecular weight excluding hydrogens is 368 g/mol. The predicted molar refractivity (Wildman–Crippen MR) is 114 cm³/mol. The molecule has 0 radical (unpaired) electrons. The van der Waals surface area contributed by atoms with Crippen LogP contribution in [0.2, 0.25) is 0 Å². The summed E-state index contributed by atoms with van der Waals surface area (Å²) in [7, 11) is 0. The SMILES string of the molecule is Cc1ccc(C)n1-c1ccc(C(=O)Nc2nc(CN3CCCCC3)cs2)cc1. The highest BCUT2D eigenvalue weighted by Crippen LogP contribution is 2.21. The van der Waals surface area contributed by atoms with Crippen molar-refractivity contribution in [3.05, 3.63) is 64.4 Å². The van der Waals surface area contributed by atoms with Gasteiger partial charge in [-0.05, 0) is 76.2 Å². The highest BCUT2D eigenvalue weighted by Gasteiger charge is 2.14. The molecule has 1 N–H and O–H groups in total. The molecule has 2 aromatic heterocycles. The number of anilines is 1. The highest BCUT2D eigenvalue weighted by atomic mass is 32.1. The van der Waals surface area contributed by atoms with Crippen LogP contribution in [0.4, 0.5) is 5.13 Å². The maximum atomic E-state index is 12.6. The van der Waals surface area contributed by atoms with Gasteiger partial charge in [-0.1, -0.05) is 6.42 Å². The zero-order chi connectivity index (χ0) is 19.5. The Morgan fingerprint density at radius 3 is 2.39 bits per heavy atom. The molecule has 0 aliphatic carbocycles. The van der Waals surface area contributed by atoms with Gasteiger partial charge in [0.15, 0.2) is 5.13 Å². The summed E-state index contributed by atoms with van der Waals surface area (Å²) >= 11 is 1.49. The van der Waals surface area contributed by atoms with Crippen LogP contribution in [-0.4, -0.2) is 33.4 Å². The lowest BCUT2D eigenvalue weighted by atomic mass is 10.1. The van der Waals surface area contributed by atoms with Crippen molar-refractivity contribution in [1.82, 2.24) is 14.5 Å². The number of piperidine rings is 1. The summed E-state index contributed by atoms with van der Waals surface area (Å²) < 4.78 is 2.18. The van der Waals surface area contributed by atoms with E-state index in [1.54, 1.807) is 0 Å². The Balaban J connectivity index is 1.40. The fraction of sp³-hybridized carbons (Fsp3) is 0.364. The zero-order valence-electron chi connectivity index (χ0n) is 16.4. The number of aryl methyl sites for hydroxylation is 2. The van der Waals surface area contributed by atoms with Gasteiger partial charge in [-0.15, -0.1) is 11.3 Å². The molecule has 1 aromatic carbocycles. The fourth-order valence-electron chi connectivity index (χ4n) is 3.79. The van der Waals surface area contributed by atoms with Crippen molar-refractivity contribution in [3.63, 3.8) is 0 Å². The van der Waals surface area contributed by atoms with Gasteiger partial charge < -0.3 is 4.57 Å². The van der Waals surface area contributed by atoms with Crippen molar-refractivity contribution < 1.29 is 4.79 Å². The number of likely N-dealkylation sites (tertiary alicyclic amines) is 1. The first-order chi connectivity index (χ1) is 13.6. The summed E-state index contributed by atoms with van der Waals surface area (Å²) in [6.07, 6.45) is 3.87. The number of rotatable bonds is 5. The van der Waals surface area contributed by atoms with Crippen LogP contribution in [0.3, 0.4) is 0 Å². The summed E-state index contributed by atoms with van der Waals surface area (Å²) in [6, 6.07) is 11.9. The number of amides is 1. The van der Waals surface area contributed by atoms with E-state index in [4.69, 9.17) is 0 Å². The molecule has 0 atom stereocenters. The second-order valence-corrected chi connectivity index (χ2v) is 8.29. The Hall–Kier alpha value is -2.44. The first-order valence-corrected chi connectivity index (χ1v) is 10.7. The van der Waals surface area contributed by atoms with Crippen LogP contribution in [0.5, 0.6) is 0 Å². The third-order valence-electron chi connectivity index (χ3n) is 5.27. The van der Waals surface area contributed by atoms with Gasteiger partial charge in [0.2, 0.25) is 0 Å². The molecule has 0 saturated carbocycles. The van der Waals surface area contributed by atoms with E-state index in [9.17, 15) is 4.79 Å². The first kappa shape index (κ1) is 18.9. The van der Waals surface area contributed by atoms with Crippen LogP contribution in [0.15, 0.2) is 41.8 Å². The van der Waals surface area contributed by atoms with E-state index in [-0.39, 0.29) is 5.91 Å². The third kappa shape index (κ3) is 4.18. The number of nitrogens with one attached hydrogen (secondary N) is 1. The Morgan fingerprint density at radius 2 is 1.71 bits per heavy atom. The average molecular weight is 395 g/mol. The van der Waals surface area contributed by atoms with Crippen LogP contribution in [-0.2, 0) is 6.54 Å². The van der Waals surface area contributed by atoms with Gasteiger partial charge >= 0.3 is 0 Å². The van der Waals surface area contributed by atoms with Crippen LogP contribution in [0, 0.1) is 13.8 Å². The second-order valence-electron chi connectivity index (χ2n) is 7.43. The molecule has 0 spiro atoms. The lowest BCUT2D eigenvalue weighted by Gasteiger charge is -2.25. The molecule has 146 valence electrons. The van der Waals surface area contributed by atoms with E-state index in [1.807, 2.05) is 29.6 Å². The Morgan fingerprint density at radius 1 is 1.04 bits per heavy atom. The molecule has 3 heterocycles.